The normalized spacial score (nSPS) is 14.9. The third-order valence-corrected chi connectivity index (χ3v) is 5.90. The van der Waals surface area contributed by atoms with Gasteiger partial charge in [-0.1, -0.05) is 11.2 Å². The van der Waals surface area contributed by atoms with Gasteiger partial charge in [0, 0.05) is 42.5 Å². The van der Waals surface area contributed by atoms with Crippen molar-refractivity contribution in [2.75, 3.05) is 34.5 Å². The molecule has 3 aromatic rings. The molecule has 1 unspecified atom stereocenters. The van der Waals surface area contributed by atoms with Crippen LogP contribution in [0, 0.1) is 10.1 Å². The Bertz CT molecular complexity index is 1210. The number of carbonyl (C=O) groups excluding carboxylic acids is 1. The van der Waals surface area contributed by atoms with E-state index in [1.54, 1.807) is 29.2 Å². The maximum Gasteiger partial charge on any atom is 0.270 e. The largest absolute Gasteiger partial charge is 0.493 e. The molecule has 2 aromatic carbocycles. The van der Waals surface area contributed by atoms with Crippen molar-refractivity contribution < 1.29 is 33.2 Å². The highest BCUT2D eigenvalue weighted by Crippen LogP contribution is 2.41. The molecule has 1 fully saturated rings. The van der Waals surface area contributed by atoms with Gasteiger partial charge in [-0.25, -0.2) is 0 Å². The Morgan fingerprint density at radius 3 is 2.50 bits per heavy atom. The van der Waals surface area contributed by atoms with Crippen LogP contribution in [-0.2, 0) is 11.3 Å². The van der Waals surface area contributed by atoms with Crippen molar-refractivity contribution in [2.45, 2.75) is 25.5 Å². The molecule has 1 aromatic heterocycles. The fourth-order valence-corrected chi connectivity index (χ4v) is 4.13. The van der Waals surface area contributed by atoms with Gasteiger partial charge in [0.05, 0.1) is 38.9 Å². The van der Waals surface area contributed by atoms with Crippen LogP contribution < -0.4 is 14.2 Å². The summed E-state index contributed by atoms with van der Waals surface area (Å²) in [6.07, 6.45) is 1.63. The zero-order valence-corrected chi connectivity index (χ0v) is 20.3. The average molecular weight is 498 g/mol. The summed E-state index contributed by atoms with van der Waals surface area (Å²) < 4.78 is 27.5. The second kappa shape index (κ2) is 11.1. The quantitative estimate of drug-likeness (QED) is 0.300. The molecule has 1 aliphatic heterocycles. The number of ether oxygens (including phenoxy) is 4. The Balaban J connectivity index is 1.61. The highest BCUT2D eigenvalue weighted by Gasteiger charge is 2.26. The molecule has 2 heterocycles. The Morgan fingerprint density at radius 1 is 1.14 bits per heavy atom. The molecule has 1 saturated heterocycles. The molecule has 0 N–H and O–H groups in total. The fourth-order valence-electron chi connectivity index (χ4n) is 4.13. The van der Waals surface area contributed by atoms with Crippen LogP contribution in [0.25, 0.3) is 11.3 Å². The molecule has 1 aliphatic rings. The number of hydrogen-bond donors (Lipinski definition) is 0. The molecule has 0 aliphatic carbocycles. The Hall–Kier alpha value is -4.12. The molecule has 36 heavy (non-hydrogen) atoms. The first kappa shape index (κ1) is 25.0. The van der Waals surface area contributed by atoms with E-state index < -0.39 is 4.92 Å². The minimum absolute atomic E-state index is 0.117. The van der Waals surface area contributed by atoms with Crippen LogP contribution in [0.5, 0.6) is 17.2 Å². The zero-order valence-electron chi connectivity index (χ0n) is 20.3. The lowest BCUT2D eigenvalue weighted by Crippen LogP contribution is -2.37. The number of non-ortho nitro benzene ring substituents is 1. The number of aromatic nitrogens is 1. The SMILES string of the molecule is COc1cc(-c2cc(CN(CC3CCCO3)C(=O)c3cccc([N+](=O)[O-])c3)no2)cc(OC)c1OC. The van der Waals surface area contributed by atoms with E-state index in [0.29, 0.717) is 47.4 Å². The number of nitro benzene ring substituents is 1. The van der Waals surface area contributed by atoms with Crippen LogP contribution in [-0.4, -0.2) is 61.5 Å². The van der Waals surface area contributed by atoms with Crippen LogP contribution in [0.1, 0.15) is 28.9 Å². The smallest absolute Gasteiger partial charge is 0.270 e. The lowest BCUT2D eigenvalue weighted by molar-refractivity contribution is -0.384. The molecule has 0 spiro atoms. The fraction of sp³-hybridized carbons (Fsp3) is 0.360. The number of benzene rings is 2. The Morgan fingerprint density at radius 2 is 1.89 bits per heavy atom. The first-order valence-corrected chi connectivity index (χ1v) is 11.3. The van der Waals surface area contributed by atoms with Gasteiger partial charge >= 0.3 is 0 Å². The summed E-state index contributed by atoms with van der Waals surface area (Å²) in [4.78, 5) is 25.6. The average Bonchev–Trinajstić information content (AvgIpc) is 3.59. The van der Waals surface area contributed by atoms with E-state index in [1.165, 1.54) is 39.5 Å². The van der Waals surface area contributed by atoms with E-state index in [4.69, 9.17) is 23.5 Å². The molecule has 1 atom stereocenters. The summed E-state index contributed by atoms with van der Waals surface area (Å²) in [6.45, 7) is 1.10. The monoisotopic (exact) mass is 497 g/mol. The molecule has 11 heteroatoms. The molecule has 0 radical (unpaired) electrons. The second-order valence-electron chi connectivity index (χ2n) is 8.22. The van der Waals surface area contributed by atoms with E-state index in [2.05, 4.69) is 5.16 Å². The minimum Gasteiger partial charge on any atom is -0.493 e. The van der Waals surface area contributed by atoms with Gasteiger partial charge in [-0.05, 0) is 31.0 Å². The van der Waals surface area contributed by atoms with Gasteiger partial charge in [0.25, 0.3) is 11.6 Å². The van der Waals surface area contributed by atoms with Crippen molar-refractivity contribution in [3.8, 4) is 28.6 Å². The van der Waals surface area contributed by atoms with Crippen LogP contribution in [0.4, 0.5) is 5.69 Å². The number of hydrogen-bond acceptors (Lipinski definition) is 9. The summed E-state index contributed by atoms with van der Waals surface area (Å²) in [7, 11) is 4.57. The summed E-state index contributed by atoms with van der Waals surface area (Å²) in [6, 6.07) is 10.9. The molecule has 0 bridgehead atoms. The molecular formula is C25H27N3O8. The van der Waals surface area contributed by atoms with E-state index in [9.17, 15) is 14.9 Å². The third-order valence-electron chi connectivity index (χ3n) is 5.90. The summed E-state index contributed by atoms with van der Waals surface area (Å²) in [5.41, 5.74) is 1.23. The molecular weight excluding hydrogens is 470 g/mol. The molecule has 11 nitrogen and oxygen atoms in total. The van der Waals surface area contributed by atoms with Crippen LogP contribution in [0.2, 0.25) is 0 Å². The molecule has 0 saturated carbocycles. The standard InChI is InChI=1S/C25H27N3O8/c1-32-22-11-17(12-23(33-2)24(22)34-3)21-13-18(26-36-21)14-27(15-20-8-5-9-35-20)25(29)16-6-4-7-19(10-16)28(30)31/h4,6-7,10-13,20H,5,8-9,14-15H2,1-3H3. The maximum absolute atomic E-state index is 13.4. The first-order chi connectivity index (χ1) is 17.4. The van der Waals surface area contributed by atoms with E-state index in [1.807, 2.05) is 0 Å². The second-order valence-corrected chi connectivity index (χ2v) is 8.22. The predicted octanol–water partition coefficient (Wildman–Crippen LogP) is 4.10. The van der Waals surface area contributed by atoms with Gasteiger partial charge in [0.2, 0.25) is 5.75 Å². The number of methoxy groups -OCH3 is 3. The first-order valence-electron chi connectivity index (χ1n) is 11.3. The number of nitrogens with zero attached hydrogens (tertiary/aromatic N) is 3. The van der Waals surface area contributed by atoms with Crippen LogP contribution in [0.15, 0.2) is 47.0 Å². The van der Waals surface area contributed by atoms with E-state index in [-0.39, 0.29) is 29.8 Å². The minimum atomic E-state index is -0.525. The van der Waals surface area contributed by atoms with Gasteiger partial charge in [-0.3, -0.25) is 14.9 Å². The van der Waals surface area contributed by atoms with Crippen molar-refractivity contribution in [1.29, 1.82) is 0 Å². The van der Waals surface area contributed by atoms with Gasteiger partial charge in [0.15, 0.2) is 17.3 Å². The van der Waals surface area contributed by atoms with Crippen molar-refractivity contribution in [1.82, 2.24) is 10.1 Å². The van der Waals surface area contributed by atoms with Crippen molar-refractivity contribution in [3.05, 3.63) is 63.8 Å². The van der Waals surface area contributed by atoms with Gasteiger partial charge < -0.3 is 28.4 Å². The molecule has 1 amide bonds. The molecule has 4 rings (SSSR count). The maximum atomic E-state index is 13.4. The Kier molecular flexibility index (Phi) is 7.69. The number of amides is 1. The number of nitro groups is 1. The van der Waals surface area contributed by atoms with Gasteiger partial charge in [0.1, 0.15) is 5.69 Å². The topological polar surface area (TPSA) is 126 Å². The van der Waals surface area contributed by atoms with Crippen molar-refractivity contribution in [3.63, 3.8) is 0 Å². The van der Waals surface area contributed by atoms with Crippen LogP contribution in [0.3, 0.4) is 0 Å². The highest BCUT2D eigenvalue weighted by molar-refractivity contribution is 5.94. The van der Waals surface area contributed by atoms with Gasteiger partial charge in [-0.15, -0.1) is 0 Å². The lowest BCUT2D eigenvalue weighted by Gasteiger charge is -2.24. The number of carbonyl (C=O) groups is 1. The molecule has 190 valence electrons. The van der Waals surface area contributed by atoms with Crippen molar-refractivity contribution >= 4 is 11.6 Å². The van der Waals surface area contributed by atoms with E-state index in [0.717, 1.165) is 12.8 Å². The predicted molar refractivity (Wildman–Crippen MR) is 128 cm³/mol. The Labute approximate surface area is 207 Å². The third kappa shape index (κ3) is 5.41. The van der Waals surface area contributed by atoms with Crippen LogP contribution >= 0.6 is 0 Å². The zero-order chi connectivity index (χ0) is 25.7. The number of rotatable bonds is 10. The summed E-state index contributed by atoms with van der Waals surface area (Å²) in [5.74, 6) is 1.47. The summed E-state index contributed by atoms with van der Waals surface area (Å²) in [5, 5.41) is 15.3. The summed E-state index contributed by atoms with van der Waals surface area (Å²) >= 11 is 0. The lowest BCUT2D eigenvalue weighted by atomic mass is 10.1. The highest BCUT2D eigenvalue weighted by atomic mass is 16.6. The van der Waals surface area contributed by atoms with E-state index >= 15 is 0 Å². The van der Waals surface area contributed by atoms with Gasteiger partial charge in [-0.2, -0.15) is 0 Å². The van der Waals surface area contributed by atoms with Crippen molar-refractivity contribution in [2.24, 2.45) is 0 Å².